The zero-order chi connectivity index (χ0) is 13.1. The van der Waals surface area contributed by atoms with Gasteiger partial charge in [0, 0.05) is 16.1 Å². The number of nitrogens with one attached hydrogen (secondary N) is 1. The van der Waals surface area contributed by atoms with Gasteiger partial charge in [-0.05, 0) is 37.6 Å². The van der Waals surface area contributed by atoms with Crippen molar-refractivity contribution in [3.63, 3.8) is 0 Å². The molecule has 0 fully saturated rings. The van der Waals surface area contributed by atoms with Gasteiger partial charge in [0.2, 0.25) is 0 Å². The maximum Gasteiger partial charge on any atom is 0.257 e. The van der Waals surface area contributed by atoms with Crippen LogP contribution in [0, 0.1) is 6.92 Å². The summed E-state index contributed by atoms with van der Waals surface area (Å²) in [6, 6.07) is 6.82. The van der Waals surface area contributed by atoms with E-state index in [9.17, 15) is 4.79 Å². The smallest absolute Gasteiger partial charge is 0.257 e. The second-order valence-corrected chi connectivity index (χ2v) is 5.15. The minimum absolute atomic E-state index is 0.161. The van der Waals surface area contributed by atoms with E-state index in [1.807, 2.05) is 13.8 Å². The number of aryl methyl sites for hydroxylation is 2. The van der Waals surface area contributed by atoms with Crippen LogP contribution in [0.15, 0.2) is 24.3 Å². The number of benzene rings is 1. The number of amides is 1. The Hall–Kier alpha value is -1.88. The maximum absolute atomic E-state index is 11.9. The molecule has 3 N–H and O–H groups in total. The largest absolute Gasteiger partial charge is 0.399 e. The standard InChI is InChI=1S/C13H15N3OS/c1-3-11-8(2)18-13(15-11)16-12(17)9-4-6-10(14)7-5-9/h4-7H,3,14H2,1-2H3,(H,15,16,17). The van der Waals surface area contributed by atoms with Crippen molar-refractivity contribution in [3.05, 3.63) is 40.4 Å². The molecule has 0 aliphatic carbocycles. The molecule has 5 heteroatoms. The quantitative estimate of drug-likeness (QED) is 0.835. The first-order valence-electron chi connectivity index (χ1n) is 5.73. The Balaban J connectivity index is 2.13. The summed E-state index contributed by atoms with van der Waals surface area (Å²) >= 11 is 1.50. The number of nitrogens with zero attached hydrogens (tertiary/aromatic N) is 1. The number of carbonyl (C=O) groups excluding carboxylic acids is 1. The van der Waals surface area contributed by atoms with Crippen LogP contribution in [-0.4, -0.2) is 10.9 Å². The number of carbonyl (C=O) groups is 1. The molecule has 18 heavy (non-hydrogen) atoms. The molecule has 0 aliphatic rings. The molecule has 2 rings (SSSR count). The minimum atomic E-state index is -0.161. The van der Waals surface area contributed by atoms with Crippen molar-refractivity contribution in [1.29, 1.82) is 0 Å². The van der Waals surface area contributed by atoms with E-state index in [-0.39, 0.29) is 5.91 Å². The number of thiazole rings is 1. The molecule has 0 radical (unpaired) electrons. The van der Waals surface area contributed by atoms with E-state index < -0.39 is 0 Å². The van der Waals surface area contributed by atoms with Crippen LogP contribution >= 0.6 is 11.3 Å². The van der Waals surface area contributed by atoms with Crippen LogP contribution in [0.4, 0.5) is 10.8 Å². The third-order valence-electron chi connectivity index (χ3n) is 2.62. The maximum atomic E-state index is 11.9. The van der Waals surface area contributed by atoms with Gasteiger partial charge in [0.05, 0.1) is 5.69 Å². The molecule has 1 amide bonds. The van der Waals surface area contributed by atoms with Gasteiger partial charge >= 0.3 is 0 Å². The van der Waals surface area contributed by atoms with Crippen molar-refractivity contribution in [2.45, 2.75) is 20.3 Å². The fourth-order valence-corrected chi connectivity index (χ4v) is 2.51. The predicted molar refractivity (Wildman–Crippen MR) is 75.0 cm³/mol. The highest BCUT2D eigenvalue weighted by molar-refractivity contribution is 7.15. The molecule has 0 atom stereocenters. The first-order valence-corrected chi connectivity index (χ1v) is 6.55. The summed E-state index contributed by atoms with van der Waals surface area (Å²) in [5.74, 6) is -0.161. The van der Waals surface area contributed by atoms with E-state index in [0.29, 0.717) is 16.4 Å². The molecule has 4 nitrogen and oxygen atoms in total. The summed E-state index contributed by atoms with van der Waals surface area (Å²) in [6.07, 6.45) is 0.875. The van der Waals surface area contributed by atoms with Gasteiger partial charge in [-0.25, -0.2) is 4.98 Å². The summed E-state index contributed by atoms with van der Waals surface area (Å²) in [5, 5.41) is 3.45. The molecule has 2 aromatic rings. The van der Waals surface area contributed by atoms with E-state index >= 15 is 0 Å². The lowest BCUT2D eigenvalue weighted by atomic mass is 10.2. The second kappa shape index (κ2) is 5.18. The Bertz CT molecular complexity index is 560. The SMILES string of the molecule is CCc1nc(NC(=O)c2ccc(N)cc2)sc1C. The van der Waals surface area contributed by atoms with Gasteiger partial charge in [-0.1, -0.05) is 6.92 Å². The van der Waals surface area contributed by atoms with Crippen LogP contribution in [0.25, 0.3) is 0 Å². The molecule has 0 saturated heterocycles. The summed E-state index contributed by atoms with van der Waals surface area (Å²) in [4.78, 5) is 17.5. The Morgan fingerprint density at radius 1 is 1.39 bits per heavy atom. The number of hydrogen-bond donors (Lipinski definition) is 2. The highest BCUT2D eigenvalue weighted by Gasteiger charge is 2.10. The molecule has 1 aromatic carbocycles. The van der Waals surface area contributed by atoms with E-state index in [0.717, 1.165) is 17.0 Å². The first kappa shape index (κ1) is 12.6. The van der Waals surface area contributed by atoms with Crippen LogP contribution in [0.1, 0.15) is 27.9 Å². The molecule has 0 bridgehead atoms. The van der Waals surface area contributed by atoms with Gasteiger partial charge in [-0.2, -0.15) is 0 Å². The van der Waals surface area contributed by atoms with Crippen LogP contribution in [0.5, 0.6) is 0 Å². The van der Waals surface area contributed by atoms with E-state index in [2.05, 4.69) is 10.3 Å². The van der Waals surface area contributed by atoms with Crippen molar-refractivity contribution < 1.29 is 4.79 Å². The first-order chi connectivity index (χ1) is 8.60. The molecule has 0 unspecified atom stereocenters. The molecule has 0 aliphatic heterocycles. The van der Waals surface area contributed by atoms with Crippen LogP contribution in [0.3, 0.4) is 0 Å². The monoisotopic (exact) mass is 261 g/mol. The number of nitrogens with two attached hydrogens (primary N) is 1. The fraction of sp³-hybridized carbons (Fsp3) is 0.231. The number of rotatable bonds is 3. The molecular formula is C13H15N3OS. The Kier molecular flexibility index (Phi) is 3.62. The van der Waals surface area contributed by atoms with Crippen molar-refractivity contribution in [2.75, 3.05) is 11.1 Å². The molecule has 1 aromatic heterocycles. The van der Waals surface area contributed by atoms with Gasteiger partial charge in [0.25, 0.3) is 5.91 Å². The number of anilines is 2. The third-order valence-corrected chi connectivity index (χ3v) is 3.55. The topological polar surface area (TPSA) is 68.0 Å². The van der Waals surface area contributed by atoms with E-state index in [1.54, 1.807) is 24.3 Å². The van der Waals surface area contributed by atoms with E-state index in [4.69, 9.17) is 5.73 Å². The Morgan fingerprint density at radius 2 is 2.06 bits per heavy atom. The zero-order valence-electron chi connectivity index (χ0n) is 10.4. The second-order valence-electron chi connectivity index (χ2n) is 3.95. The van der Waals surface area contributed by atoms with Crippen LogP contribution < -0.4 is 11.1 Å². The molecule has 1 heterocycles. The highest BCUT2D eigenvalue weighted by Crippen LogP contribution is 2.22. The molecule has 0 saturated carbocycles. The van der Waals surface area contributed by atoms with Crippen LogP contribution in [0.2, 0.25) is 0 Å². The number of nitrogen functional groups attached to an aromatic ring is 1. The molecule has 94 valence electrons. The summed E-state index contributed by atoms with van der Waals surface area (Å²) in [6.45, 7) is 4.06. The number of hydrogen-bond acceptors (Lipinski definition) is 4. The lowest BCUT2D eigenvalue weighted by Gasteiger charge is -2.01. The van der Waals surface area contributed by atoms with E-state index in [1.165, 1.54) is 11.3 Å². The highest BCUT2D eigenvalue weighted by atomic mass is 32.1. The third kappa shape index (κ3) is 2.68. The van der Waals surface area contributed by atoms with Crippen molar-refractivity contribution in [3.8, 4) is 0 Å². The average molecular weight is 261 g/mol. The normalized spacial score (nSPS) is 10.3. The minimum Gasteiger partial charge on any atom is -0.399 e. The fourth-order valence-electron chi connectivity index (χ4n) is 1.61. The van der Waals surface area contributed by atoms with Gasteiger partial charge in [0.1, 0.15) is 0 Å². The van der Waals surface area contributed by atoms with Gasteiger partial charge in [0.15, 0.2) is 5.13 Å². The number of aromatic nitrogens is 1. The van der Waals surface area contributed by atoms with Crippen molar-refractivity contribution in [1.82, 2.24) is 4.98 Å². The van der Waals surface area contributed by atoms with Crippen molar-refractivity contribution >= 4 is 28.1 Å². The zero-order valence-corrected chi connectivity index (χ0v) is 11.2. The van der Waals surface area contributed by atoms with Gasteiger partial charge in [-0.3, -0.25) is 10.1 Å². The lowest BCUT2D eigenvalue weighted by molar-refractivity contribution is 0.102. The Labute approximate surface area is 110 Å². The summed E-state index contributed by atoms with van der Waals surface area (Å²) in [5.41, 5.74) is 7.84. The van der Waals surface area contributed by atoms with Gasteiger partial charge in [-0.15, -0.1) is 11.3 Å². The lowest BCUT2D eigenvalue weighted by Crippen LogP contribution is -2.11. The summed E-state index contributed by atoms with van der Waals surface area (Å²) < 4.78 is 0. The molecular weight excluding hydrogens is 246 g/mol. The summed E-state index contributed by atoms with van der Waals surface area (Å²) in [7, 11) is 0. The Morgan fingerprint density at radius 3 is 2.61 bits per heavy atom. The van der Waals surface area contributed by atoms with Crippen molar-refractivity contribution in [2.24, 2.45) is 0 Å². The predicted octanol–water partition coefficient (Wildman–Crippen LogP) is 2.85. The van der Waals surface area contributed by atoms with Crippen LogP contribution in [-0.2, 0) is 6.42 Å². The van der Waals surface area contributed by atoms with Gasteiger partial charge < -0.3 is 5.73 Å². The molecule has 0 spiro atoms. The average Bonchev–Trinajstić information content (AvgIpc) is 2.70.